The molecule has 4 nitrogen and oxygen atoms in total. The van der Waals surface area contributed by atoms with E-state index in [1.165, 1.54) is 10.7 Å². The number of aromatic nitrogens is 1. The zero-order valence-electron chi connectivity index (χ0n) is 12.9. The maximum Gasteiger partial charge on any atom is 0.191 e. The number of aliphatic imine (C=N–C) groups is 1. The fourth-order valence-corrected chi connectivity index (χ4v) is 2.33. The second-order valence-corrected chi connectivity index (χ2v) is 5.82. The van der Waals surface area contributed by atoms with E-state index in [-0.39, 0.29) is 24.0 Å². The fraction of sp³-hybridized carbons (Fsp3) is 0.714. The zero-order valence-corrected chi connectivity index (χ0v) is 16.0. The Kier molecular flexibility index (Phi) is 11.1. The molecule has 20 heavy (non-hydrogen) atoms. The minimum atomic E-state index is 0. The van der Waals surface area contributed by atoms with Gasteiger partial charge in [-0.05, 0) is 19.3 Å². The minimum absolute atomic E-state index is 0. The number of guanidine groups is 1. The highest BCUT2D eigenvalue weighted by molar-refractivity contribution is 14.0. The van der Waals surface area contributed by atoms with Crippen LogP contribution in [0, 0.1) is 5.92 Å². The van der Waals surface area contributed by atoms with Crippen molar-refractivity contribution in [2.45, 2.75) is 40.5 Å². The molecule has 0 radical (unpaired) electrons. The summed E-state index contributed by atoms with van der Waals surface area (Å²) in [5.74, 6) is 1.49. The van der Waals surface area contributed by atoms with Gasteiger partial charge in [0.05, 0.1) is 10.7 Å². The highest BCUT2D eigenvalue weighted by Gasteiger charge is 2.02. The van der Waals surface area contributed by atoms with Crippen molar-refractivity contribution in [2.75, 3.05) is 19.6 Å². The van der Waals surface area contributed by atoms with E-state index in [4.69, 9.17) is 0 Å². The summed E-state index contributed by atoms with van der Waals surface area (Å²) in [6, 6.07) is 0. The van der Waals surface area contributed by atoms with Crippen molar-refractivity contribution in [3.63, 3.8) is 0 Å². The first-order valence-corrected chi connectivity index (χ1v) is 7.99. The Balaban J connectivity index is 0.00000361. The molecular formula is C14H27IN4S. The summed E-state index contributed by atoms with van der Waals surface area (Å²) in [5, 5.41) is 9.99. The maximum absolute atomic E-state index is 4.56. The monoisotopic (exact) mass is 410 g/mol. The number of halogens is 1. The van der Waals surface area contributed by atoms with E-state index in [1.807, 2.05) is 0 Å². The number of thiazole rings is 1. The number of nitrogens with zero attached hydrogens (tertiary/aromatic N) is 2. The molecule has 0 bridgehead atoms. The average Bonchev–Trinajstić information content (AvgIpc) is 2.84. The summed E-state index contributed by atoms with van der Waals surface area (Å²) in [7, 11) is 0. The molecule has 0 saturated carbocycles. The maximum atomic E-state index is 4.56. The van der Waals surface area contributed by atoms with Crippen LogP contribution in [0.5, 0.6) is 0 Å². The SMILES string of the molecule is CCNC(=NCC(C)C)NCCc1csc(CC)n1.I. The van der Waals surface area contributed by atoms with Crippen molar-refractivity contribution in [1.29, 1.82) is 0 Å². The van der Waals surface area contributed by atoms with E-state index in [0.717, 1.165) is 38.4 Å². The van der Waals surface area contributed by atoms with Crippen LogP contribution in [0.4, 0.5) is 0 Å². The van der Waals surface area contributed by atoms with Crippen molar-refractivity contribution >= 4 is 41.3 Å². The first-order chi connectivity index (χ1) is 9.15. The molecule has 2 N–H and O–H groups in total. The normalized spacial score (nSPS) is 11.3. The molecule has 0 unspecified atom stereocenters. The molecule has 1 aromatic rings. The third-order valence-electron chi connectivity index (χ3n) is 2.53. The lowest BCUT2D eigenvalue weighted by Gasteiger charge is -2.11. The van der Waals surface area contributed by atoms with Crippen LogP contribution in [0.2, 0.25) is 0 Å². The van der Waals surface area contributed by atoms with E-state index in [2.05, 4.69) is 53.7 Å². The van der Waals surface area contributed by atoms with Gasteiger partial charge in [-0.15, -0.1) is 35.3 Å². The Bertz CT molecular complexity index is 390. The molecule has 0 aliphatic carbocycles. The van der Waals surface area contributed by atoms with Gasteiger partial charge < -0.3 is 10.6 Å². The Hall–Kier alpha value is -0.370. The molecule has 1 rings (SSSR count). The van der Waals surface area contributed by atoms with Crippen LogP contribution in [0.15, 0.2) is 10.4 Å². The minimum Gasteiger partial charge on any atom is -0.357 e. The Labute approximate surface area is 143 Å². The fourth-order valence-electron chi connectivity index (χ4n) is 1.55. The van der Waals surface area contributed by atoms with Crippen molar-refractivity contribution in [3.05, 3.63) is 16.1 Å². The predicted molar refractivity (Wildman–Crippen MR) is 99.4 cm³/mol. The summed E-state index contributed by atoms with van der Waals surface area (Å²) in [6.45, 7) is 11.2. The number of rotatable bonds is 7. The topological polar surface area (TPSA) is 49.3 Å². The lowest BCUT2D eigenvalue weighted by Crippen LogP contribution is -2.38. The summed E-state index contributed by atoms with van der Waals surface area (Å²) in [4.78, 5) is 9.11. The number of aryl methyl sites for hydroxylation is 1. The van der Waals surface area contributed by atoms with E-state index in [9.17, 15) is 0 Å². The molecule has 0 spiro atoms. The van der Waals surface area contributed by atoms with Crippen LogP contribution in [0.3, 0.4) is 0 Å². The first-order valence-electron chi connectivity index (χ1n) is 7.11. The largest absolute Gasteiger partial charge is 0.357 e. The van der Waals surface area contributed by atoms with Crippen LogP contribution >= 0.6 is 35.3 Å². The molecular weight excluding hydrogens is 383 g/mol. The van der Waals surface area contributed by atoms with Gasteiger partial charge >= 0.3 is 0 Å². The van der Waals surface area contributed by atoms with E-state index in [1.54, 1.807) is 11.3 Å². The first kappa shape index (κ1) is 19.6. The zero-order chi connectivity index (χ0) is 14.1. The molecule has 0 amide bonds. The molecule has 1 aromatic heterocycles. The van der Waals surface area contributed by atoms with Gasteiger partial charge in [0, 0.05) is 31.4 Å². The third-order valence-corrected chi connectivity index (χ3v) is 3.58. The molecule has 0 aromatic carbocycles. The van der Waals surface area contributed by atoms with Gasteiger partial charge in [-0.2, -0.15) is 0 Å². The third kappa shape index (κ3) is 8.04. The lowest BCUT2D eigenvalue weighted by molar-refractivity contribution is 0.656. The highest BCUT2D eigenvalue weighted by Crippen LogP contribution is 2.10. The van der Waals surface area contributed by atoms with Crippen LogP contribution < -0.4 is 10.6 Å². The van der Waals surface area contributed by atoms with Crippen molar-refractivity contribution in [1.82, 2.24) is 15.6 Å². The van der Waals surface area contributed by atoms with Gasteiger partial charge in [0.15, 0.2) is 5.96 Å². The van der Waals surface area contributed by atoms with E-state index < -0.39 is 0 Å². The second-order valence-electron chi connectivity index (χ2n) is 4.88. The summed E-state index contributed by atoms with van der Waals surface area (Å²) >= 11 is 1.75. The summed E-state index contributed by atoms with van der Waals surface area (Å²) < 4.78 is 0. The molecule has 116 valence electrons. The Morgan fingerprint density at radius 2 is 2.10 bits per heavy atom. The van der Waals surface area contributed by atoms with Gasteiger partial charge in [0.2, 0.25) is 0 Å². The Morgan fingerprint density at radius 3 is 2.65 bits per heavy atom. The van der Waals surface area contributed by atoms with Gasteiger partial charge in [-0.25, -0.2) is 4.98 Å². The van der Waals surface area contributed by atoms with Crippen LogP contribution in [-0.4, -0.2) is 30.6 Å². The van der Waals surface area contributed by atoms with Crippen molar-refractivity contribution < 1.29 is 0 Å². The van der Waals surface area contributed by atoms with Gasteiger partial charge in [-0.3, -0.25) is 4.99 Å². The number of nitrogens with one attached hydrogen (secondary N) is 2. The summed E-state index contributed by atoms with van der Waals surface area (Å²) in [6.07, 6.45) is 1.97. The van der Waals surface area contributed by atoms with Crippen LogP contribution in [0.1, 0.15) is 38.4 Å². The molecule has 6 heteroatoms. The highest BCUT2D eigenvalue weighted by atomic mass is 127. The standard InChI is InChI=1S/C14H26N4S.HI/c1-5-13-18-12(10-19-13)7-8-16-14(15-6-2)17-9-11(3)4;/h10-11H,5-9H2,1-4H3,(H2,15,16,17);1H. The van der Waals surface area contributed by atoms with Crippen LogP contribution in [-0.2, 0) is 12.8 Å². The molecule has 1 heterocycles. The van der Waals surface area contributed by atoms with Gasteiger partial charge in [-0.1, -0.05) is 20.8 Å². The van der Waals surface area contributed by atoms with Crippen LogP contribution in [0.25, 0.3) is 0 Å². The molecule has 0 aliphatic rings. The molecule has 0 fully saturated rings. The predicted octanol–water partition coefficient (Wildman–Crippen LogP) is 3.08. The van der Waals surface area contributed by atoms with Gasteiger partial charge in [0.25, 0.3) is 0 Å². The van der Waals surface area contributed by atoms with Gasteiger partial charge in [0.1, 0.15) is 0 Å². The molecule has 0 aliphatic heterocycles. The average molecular weight is 410 g/mol. The number of hydrogen-bond acceptors (Lipinski definition) is 3. The van der Waals surface area contributed by atoms with Crippen molar-refractivity contribution in [3.8, 4) is 0 Å². The summed E-state index contributed by atoms with van der Waals surface area (Å²) in [5.41, 5.74) is 1.18. The van der Waals surface area contributed by atoms with Crippen molar-refractivity contribution in [2.24, 2.45) is 10.9 Å². The molecule has 0 saturated heterocycles. The quantitative estimate of drug-likeness (QED) is 0.413. The number of hydrogen-bond donors (Lipinski definition) is 2. The van der Waals surface area contributed by atoms with E-state index >= 15 is 0 Å². The molecule has 0 atom stereocenters. The lowest BCUT2D eigenvalue weighted by atomic mass is 10.2. The Morgan fingerprint density at radius 1 is 1.35 bits per heavy atom. The smallest absolute Gasteiger partial charge is 0.191 e. The second kappa shape index (κ2) is 11.3. The van der Waals surface area contributed by atoms with E-state index in [0.29, 0.717) is 5.92 Å².